The highest BCUT2D eigenvalue weighted by atomic mass is 32.1. The van der Waals surface area contributed by atoms with E-state index >= 15 is 0 Å². The molecule has 6 nitrogen and oxygen atoms in total. The van der Waals surface area contributed by atoms with Crippen molar-refractivity contribution in [2.75, 3.05) is 6.61 Å². The Balaban J connectivity index is 1.28. The smallest absolute Gasteiger partial charge is 0.285 e. The van der Waals surface area contributed by atoms with Crippen LogP contribution < -0.4 is 5.48 Å². The summed E-state index contributed by atoms with van der Waals surface area (Å²) in [6, 6.07) is 16.2. The van der Waals surface area contributed by atoms with E-state index in [-0.39, 0.29) is 12.2 Å². The first-order valence-electron chi connectivity index (χ1n) is 10.0. The number of hydrogen-bond acceptors (Lipinski definition) is 5. The molecule has 2 aromatic heterocycles. The van der Waals surface area contributed by atoms with Crippen molar-refractivity contribution in [3.8, 4) is 10.6 Å². The summed E-state index contributed by atoms with van der Waals surface area (Å²) < 4.78 is 7.42. The molecule has 3 aromatic rings. The van der Waals surface area contributed by atoms with Gasteiger partial charge in [0.1, 0.15) is 5.69 Å². The number of carbonyl (C=O) groups excluding carboxylic acids is 1. The molecule has 7 heteroatoms. The van der Waals surface area contributed by atoms with Gasteiger partial charge in [0.2, 0.25) is 0 Å². The molecule has 1 N–H and O–H groups in total. The first kappa shape index (κ1) is 19.8. The van der Waals surface area contributed by atoms with Gasteiger partial charge >= 0.3 is 0 Å². The molecule has 1 aliphatic rings. The van der Waals surface area contributed by atoms with Crippen LogP contribution in [0, 0.1) is 0 Å². The lowest BCUT2D eigenvalue weighted by Crippen LogP contribution is -2.32. The molecule has 1 fully saturated rings. The minimum absolute atomic E-state index is 0.252. The molecule has 152 valence electrons. The van der Waals surface area contributed by atoms with E-state index in [1.54, 1.807) is 6.07 Å². The second kappa shape index (κ2) is 9.82. The Morgan fingerprint density at radius 1 is 1.21 bits per heavy atom. The van der Waals surface area contributed by atoms with Crippen LogP contribution in [0.15, 0.2) is 54.7 Å². The quantitative estimate of drug-likeness (QED) is 0.557. The fourth-order valence-electron chi connectivity index (χ4n) is 3.28. The molecule has 0 spiro atoms. The Hall–Kier alpha value is -2.48. The van der Waals surface area contributed by atoms with E-state index in [1.165, 1.54) is 16.9 Å². The SMILES string of the molecule is O=C(NOC1CCCCO1)c1ccc(-c2ccn(CCCc3ccccc3)n2)s1. The van der Waals surface area contributed by atoms with E-state index in [9.17, 15) is 4.79 Å². The first-order chi connectivity index (χ1) is 14.3. The van der Waals surface area contributed by atoms with Gasteiger partial charge in [-0.1, -0.05) is 30.3 Å². The Kier molecular flexibility index (Phi) is 6.71. The molecular weight excluding hydrogens is 386 g/mol. The Morgan fingerprint density at radius 2 is 2.10 bits per heavy atom. The standard InChI is InChI=1S/C22H25N3O3S/c26-22(24-28-21-10-4-5-16-27-21)20-12-11-19(29-20)18-13-15-25(23-18)14-6-9-17-7-2-1-3-8-17/h1-3,7-8,11-13,15,21H,4-6,9-10,14,16H2,(H,24,26). The van der Waals surface area contributed by atoms with Crippen molar-refractivity contribution >= 4 is 17.2 Å². The fourth-order valence-corrected chi connectivity index (χ4v) is 4.14. The third-order valence-electron chi connectivity index (χ3n) is 4.84. The van der Waals surface area contributed by atoms with Gasteiger partial charge in [-0.3, -0.25) is 9.48 Å². The van der Waals surface area contributed by atoms with Gasteiger partial charge in [-0.2, -0.15) is 5.10 Å². The van der Waals surface area contributed by atoms with Crippen molar-refractivity contribution in [1.82, 2.24) is 15.3 Å². The van der Waals surface area contributed by atoms with Gasteiger partial charge < -0.3 is 4.74 Å². The highest BCUT2D eigenvalue weighted by molar-refractivity contribution is 7.17. The summed E-state index contributed by atoms with van der Waals surface area (Å²) >= 11 is 1.41. The topological polar surface area (TPSA) is 65.4 Å². The summed E-state index contributed by atoms with van der Waals surface area (Å²) in [6.07, 6.45) is 6.60. The average Bonchev–Trinajstić information content (AvgIpc) is 3.43. The lowest BCUT2D eigenvalue weighted by molar-refractivity contribution is -0.186. The maximum absolute atomic E-state index is 12.3. The normalized spacial score (nSPS) is 16.6. The second-order valence-electron chi connectivity index (χ2n) is 7.06. The highest BCUT2D eigenvalue weighted by Gasteiger charge is 2.17. The number of benzene rings is 1. The van der Waals surface area contributed by atoms with Crippen LogP contribution in [-0.4, -0.2) is 28.6 Å². The van der Waals surface area contributed by atoms with E-state index in [0.29, 0.717) is 11.5 Å². The lowest BCUT2D eigenvalue weighted by Gasteiger charge is -2.21. The zero-order chi connectivity index (χ0) is 19.9. The molecule has 29 heavy (non-hydrogen) atoms. The highest BCUT2D eigenvalue weighted by Crippen LogP contribution is 2.27. The van der Waals surface area contributed by atoms with Gasteiger partial charge in [-0.15, -0.1) is 11.3 Å². The van der Waals surface area contributed by atoms with Crippen LogP contribution >= 0.6 is 11.3 Å². The maximum atomic E-state index is 12.3. The predicted octanol–water partition coefficient (Wildman–Crippen LogP) is 4.43. The largest absolute Gasteiger partial charge is 0.350 e. The number of thiophene rings is 1. The fraction of sp³-hybridized carbons (Fsp3) is 0.364. The summed E-state index contributed by atoms with van der Waals surface area (Å²) in [5.41, 5.74) is 4.73. The number of nitrogens with zero attached hydrogens (tertiary/aromatic N) is 2. The molecule has 1 saturated heterocycles. The molecule has 1 aromatic carbocycles. The molecule has 0 radical (unpaired) electrons. The third-order valence-corrected chi connectivity index (χ3v) is 5.95. The first-order valence-corrected chi connectivity index (χ1v) is 10.8. The maximum Gasteiger partial charge on any atom is 0.285 e. The molecule has 0 bridgehead atoms. The molecular formula is C22H25N3O3S. The van der Waals surface area contributed by atoms with E-state index in [2.05, 4.69) is 34.8 Å². The second-order valence-corrected chi connectivity index (χ2v) is 8.15. The van der Waals surface area contributed by atoms with E-state index < -0.39 is 0 Å². The van der Waals surface area contributed by atoms with Crippen LogP contribution in [0.2, 0.25) is 0 Å². The number of hydroxylamine groups is 1. The Morgan fingerprint density at radius 3 is 2.93 bits per heavy atom. The molecule has 1 atom stereocenters. The monoisotopic (exact) mass is 411 g/mol. The summed E-state index contributed by atoms with van der Waals surface area (Å²) in [6.45, 7) is 1.54. The van der Waals surface area contributed by atoms with Crippen molar-refractivity contribution in [2.45, 2.75) is 44.9 Å². The van der Waals surface area contributed by atoms with Crippen LogP contribution in [0.25, 0.3) is 10.6 Å². The summed E-state index contributed by atoms with van der Waals surface area (Å²) in [7, 11) is 0. The molecule has 0 saturated carbocycles. The number of rotatable bonds is 8. The zero-order valence-electron chi connectivity index (χ0n) is 16.3. The van der Waals surface area contributed by atoms with E-state index in [1.807, 2.05) is 29.1 Å². The van der Waals surface area contributed by atoms with Gasteiger partial charge in [-0.05, 0) is 49.4 Å². The van der Waals surface area contributed by atoms with Crippen LogP contribution in [0.1, 0.15) is 40.9 Å². The molecule has 1 unspecified atom stereocenters. The van der Waals surface area contributed by atoms with Gasteiger partial charge in [0.25, 0.3) is 5.91 Å². The zero-order valence-corrected chi connectivity index (χ0v) is 17.1. The van der Waals surface area contributed by atoms with Crippen LogP contribution in [0.5, 0.6) is 0 Å². The predicted molar refractivity (Wildman–Crippen MR) is 112 cm³/mol. The minimum atomic E-state index is -0.348. The van der Waals surface area contributed by atoms with Gasteiger partial charge in [0, 0.05) is 25.8 Å². The average molecular weight is 412 g/mol. The number of aryl methyl sites for hydroxylation is 2. The van der Waals surface area contributed by atoms with Gasteiger partial charge in [-0.25, -0.2) is 10.3 Å². The van der Waals surface area contributed by atoms with Crippen molar-refractivity contribution in [1.29, 1.82) is 0 Å². The van der Waals surface area contributed by atoms with E-state index in [0.717, 1.165) is 49.2 Å². The van der Waals surface area contributed by atoms with Crippen molar-refractivity contribution in [3.63, 3.8) is 0 Å². The molecule has 3 heterocycles. The van der Waals surface area contributed by atoms with Crippen molar-refractivity contribution in [2.24, 2.45) is 0 Å². The van der Waals surface area contributed by atoms with Crippen LogP contribution in [0.3, 0.4) is 0 Å². The molecule has 0 aliphatic carbocycles. The lowest BCUT2D eigenvalue weighted by atomic mass is 10.1. The number of ether oxygens (including phenoxy) is 1. The van der Waals surface area contributed by atoms with Crippen LogP contribution in [0.4, 0.5) is 0 Å². The Labute approximate surface area is 174 Å². The van der Waals surface area contributed by atoms with Gasteiger partial charge in [0.05, 0.1) is 9.75 Å². The molecule has 1 aliphatic heterocycles. The number of hydrogen-bond donors (Lipinski definition) is 1. The molecule has 4 rings (SSSR count). The summed E-state index contributed by atoms with van der Waals surface area (Å²) in [5.74, 6) is -0.252. The number of nitrogens with one attached hydrogen (secondary N) is 1. The molecule has 1 amide bonds. The van der Waals surface area contributed by atoms with Crippen molar-refractivity contribution in [3.05, 3.63) is 65.2 Å². The van der Waals surface area contributed by atoms with Crippen LogP contribution in [-0.2, 0) is 22.5 Å². The minimum Gasteiger partial charge on any atom is -0.350 e. The number of amides is 1. The third kappa shape index (κ3) is 5.53. The van der Waals surface area contributed by atoms with E-state index in [4.69, 9.17) is 9.57 Å². The summed E-state index contributed by atoms with van der Waals surface area (Å²) in [5, 5.41) is 4.65. The number of aromatic nitrogens is 2. The number of carbonyl (C=O) groups is 1. The summed E-state index contributed by atoms with van der Waals surface area (Å²) in [4.78, 5) is 19.2. The van der Waals surface area contributed by atoms with Crippen molar-refractivity contribution < 1.29 is 14.4 Å². The Bertz CT molecular complexity index is 916. The van der Waals surface area contributed by atoms with Gasteiger partial charge in [0.15, 0.2) is 6.29 Å².